The predicted molar refractivity (Wildman–Crippen MR) is 144 cm³/mol. The molecule has 3 aromatic heterocycles. The number of benzene rings is 1. The lowest BCUT2D eigenvalue weighted by Gasteiger charge is -2.34. The molecule has 204 valence electrons. The maximum absolute atomic E-state index is 13.9. The monoisotopic (exact) mass is 557 g/mol. The van der Waals surface area contributed by atoms with Crippen molar-refractivity contribution in [1.82, 2.24) is 15.3 Å². The van der Waals surface area contributed by atoms with E-state index in [9.17, 15) is 28.2 Å². The number of carboxylic acids is 1. The minimum Gasteiger partial charge on any atom is -0.477 e. The molecule has 4 aromatic rings. The second-order valence-corrected chi connectivity index (χ2v) is 10.4. The number of nitrogen functional groups attached to an aromatic ring is 1. The fourth-order valence-corrected chi connectivity index (χ4v) is 5.70. The number of rotatable bonds is 7. The number of nitrogens with zero attached hydrogens (tertiary/aromatic N) is 3. The van der Waals surface area contributed by atoms with E-state index in [1.165, 1.54) is 0 Å². The van der Waals surface area contributed by atoms with Crippen molar-refractivity contribution in [3.05, 3.63) is 70.7 Å². The second kappa shape index (κ2) is 10.8. The molecule has 5 N–H and O–H groups in total. The van der Waals surface area contributed by atoms with Crippen LogP contribution in [0.15, 0.2) is 54.7 Å². The second-order valence-electron chi connectivity index (χ2n) is 9.38. The lowest BCUT2D eigenvalue weighted by molar-refractivity contribution is -0.136. The summed E-state index contributed by atoms with van der Waals surface area (Å²) in [5.74, 6) is -1.25. The molecule has 12 heteroatoms. The summed E-state index contributed by atoms with van der Waals surface area (Å²) in [6.45, 7) is 1.21. The summed E-state index contributed by atoms with van der Waals surface area (Å²) in [5, 5.41) is 22.9. The lowest BCUT2D eigenvalue weighted by atomic mass is 10.0. The summed E-state index contributed by atoms with van der Waals surface area (Å²) in [7, 11) is 0. The molecule has 1 fully saturated rings. The molecule has 1 aliphatic rings. The Labute approximate surface area is 225 Å². The maximum atomic E-state index is 13.9. The zero-order chi connectivity index (χ0) is 27.7. The summed E-state index contributed by atoms with van der Waals surface area (Å²) in [5.41, 5.74) is 6.85. The number of aromatic carboxylic acids is 1. The number of carboxylic acid groups (broad SMARTS) is 1. The standard InChI is InChI=1S/C27H26F3N5O3S/c28-27(29,30)18-12-21(34-25-22(18)23(31)24(39-25)26(37)38)35-10-8-17(9-11-35)32-14-20(36)16-6-7-19(33-13-16)15-4-2-1-3-5-15/h1-7,12-13,17,20,32,36H,8-11,14,31H2,(H,37,38). The Balaban J connectivity index is 1.22. The molecule has 0 saturated carbocycles. The first-order valence-corrected chi connectivity index (χ1v) is 13.1. The summed E-state index contributed by atoms with van der Waals surface area (Å²) in [6.07, 6.45) is -2.56. The Morgan fingerprint density at radius 3 is 2.51 bits per heavy atom. The minimum absolute atomic E-state index is 0.0509. The van der Waals surface area contributed by atoms with Gasteiger partial charge in [-0.2, -0.15) is 13.2 Å². The van der Waals surface area contributed by atoms with Gasteiger partial charge in [0.05, 0.1) is 23.0 Å². The van der Waals surface area contributed by atoms with Gasteiger partial charge in [-0.25, -0.2) is 9.78 Å². The predicted octanol–water partition coefficient (Wildman–Crippen LogP) is 4.95. The number of hydrogen-bond donors (Lipinski definition) is 4. The first-order chi connectivity index (χ1) is 18.6. The van der Waals surface area contributed by atoms with E-state index in [4.69, 9.17) is 5.73 Å². The summed E-state index contributed by atoms with van der Waals surface area (Å²) < 4.78 is 41.6. The van der Waals surface area contributed by atoms with E-state index in [0.29, 0.717) is 49.4 Å². The van der Waals surface area contributed by atoms with E-state index in [0.717, 1.165) is 17.3 Å². The van der Waals surface area contributed by atoms with Crippen molar-refractivity contribution >= 4 is 39.0 Å². The number of aromatic nitrogens is 2. The number of aliphatic hydroxyl groups is 1. The number of halogens is 3. The van der Waals surface area contributed by atoms with Crippen LogP contribution in [0.25, 0.3) is 21.5 Å². The number of fused-ring (bicyclic) bond motifs is 1. The molecule has 0 bridgehead atoms. The fraction of sp³-hybridized carbons (Fsp3) is 0.296. The van der Waals surface area contributed by atoms with Crippen molar-refractivity contribution in [2.24, 2.45) is 0 Å². The summed E-state index contributed by atoms with van der Waals surface area (Å²) in [6, 6.07) is 14.5. The zero-order valence-corrected chi connectivity index (χ0v) is 21.5. The van der Waals surface area contributed by atoms with Crippen molar-refractivity contribution in [3.8, 4) is 11.3 Å². The minimum atomic E-state index is -4.72. The quantitative estimate of drug-likeness (QED) is 0.252. The topological polar surface area (TPSA) is 125 Å². The Morgan fingerprint density at radius 1 is 1.18 bits per heavy atom. The van der Waals surface area contributed by atoms with Crippen LogP contribution >= 0.6 is 11.3 Å². The van der Waals surface area contributed by atoms with Gasteiger partial charge < -0.3 is 26.2 Å². The fourth-order valence-electron chi connectivity index (χ4n) is 4.74. The van der Waals surface area contributed by atoms with Crippen LogP contribution in [-0.2, 0) is 6.18 Å². The van der Waals surface area contributed by atoms with Crippen LogP contribution in [0.3, 0.4) is 0 Å². The van der Waals surface area contributed by atoms with Crippen molar-refractivity contribution in [1.29, 1.82) is 0 Å². The highest BCUT2D eigenvalue weighted by molar-refractivity contribution is 7.21. The van der Waals surface area contributed by atoms with E-state index in [-0.39, 0.29) is 27.0 Å². The molecule has 4 heterocycles. The molecule has 5 rings (SSSR count). The number of piperidine rings is 1. The van der Waals surface area contributed by atoms with E-state index in [1.807, 2.05) is 42.5 Å². The van der Waals surface area contributed by atoms with Crippen molar-refractivity contribution in [3.63, 3.8) is 0 Å². The molecule has 1 unspecified atom stereocenters. The van der Waals surface area contributed by atoms with Gasteiger partial charge in [0.25, 0.3) is 0 Å². The molecule has 0 spiro atoms. The Hall–Kier alpha value is -3.74. The Bertz CT molecular complexity index is 1470. The zero-order valence-electron chi connectivity index (χ0n) is 20.7. The third-order valence-electron chi connectivity index (χ3n) is 6.84. The number of carbonyl (C=O) groups is 1. The van der Waals surface area contributed by atoms with E-state index >= 15 is 0 Å². The first kappa shape index (κ1) is 26.9. The van der Waals surface area contributed by atoms with Crippen LogP contribution in [0.2, 0.25) is 0 Å². The van der Waals surface area contributed by atoms with Gasteiger partial charge in [-0.15, -0.1) is 11.3 Å². The lowest BCUT2D eigenvalue weighted by Crippen LogP contribution is -2.44. The average molecular weight is 558 g/mol. The third-order valence-corrected chi connectivity index (χ3v) is 7.93. The van der Waals surface area contributed by atoms with Gasteiger partial charge in [0, 0.05) is 48.4 Å². The number of pyridine rings is 2. The van der Waals surface area contributed by atoms with Gasteiger partial charge in [-0.3, -0.25) is 4.98 Å². The van der Waals surface area contributed by atoms with Crippen LogP contribution in [-0.4, -0.2) is 51.8 Å². The van der Waals surface area contributed by atoms with Gasteiger partial charge in [0.1, 0.15) is 15.5 Å². The average Bonchev–Trinajstić information content (AvgIpc) is 3.28. The SMILES string of the molecule is Nc1c(C(=O)O)sc2nc(N3CCC(NCC(O)c4ccc(-c5ccccc5)nc4)CC3)cc(C(F)(F)F)c12. The molecule has 8 nitrogen and oxygen atoms in total. The number of nitrogens with two attached hydrogens (primary N) is 1. The van der Waals surface area contributed by atoms with Crippen LogP contribution < -0.4 is 16.0 Å². The van der Waals surface area contributed by atoms with Crippen LogP contribution in [0.5, 0.6) is 0 Å². The number of hydrogen-bond acceptors (Lipinski definition) is 8. The van der Waals surface area contributed by atoms with Gasteiger partial charge in [0.15, 0.2) is 0 Å². The molecule has 39 heavy (non-hydrogen) atoms. The largest absolute Gasteiger partial charge is 0.477 e. The molecule has 1 aromatic carbocycles. The molecule has 1 saturated heterocycles. The molecule has 0 radical (unpaired) electrons. The number of thiophene rings is 1. The Kier molecular flexibility index (Phi) is 7.43. The van der Waals surface area contributed by atoms with Crippen molar-refractivity contribution in [2.45, 2.75) is 31.2 Å². The maximum Gasteiger partial charge on any atom is 0.417 e. The van der Waals surface area contributed by atoms with Gasteiger partial charge >= 0.3 is 12.1 Å². The van der Waals surface area contributed by atoms with Crippen molar-refractivity contribution < 1.29 is 28.2 Å². The van der Waals surface area contributed by atoms with E-state index in [2.05, 4.69) is 15.3 Å². The number of nitrogens with one attached hydrogen (secondary N) is 1. The molecular weight excluding hydrogens is 531 g/mol. The Morgan fingerprint density at radius 2 is 1.90 bits per heavy atom. The number of alkyl halides is 3. The molecule has 0 amide bonds. The highest BCUT2D eigenvalue weighted by atomic mass is 32.1. The number of anilines is 2. The molecular formula is C27H26F3N5O3S. The van der Waals surface area contributed by atoms with Crippen LogP contribution in [0, 0.1) is 0 Å². The first-order valence-electron chi connectivity index (χ1n) is 12.3. The third kappa shape index (κ3) is 5.68. The molecule has 0 aliphatic carbocycles. The summed E-state index contributed by atoms with van der Waals surface area (Å²) in [4.78, 5) is 21.6. The highest BCUT2D eigenvalue weighted by Gasteiger charge is 2.37. The molecule has 1 atom stereocenters. The number of aliphatic hydroxyl groups excluding tert-OH is 1. The van der Waals surface area contributed by atoms with Crippen LogP contribution in [0.1, 0.15) is 39.7 Å². The smallest absolute Gasteiger partial charge is 0.417 e. The normalized spacial score (nSPS) is 15.5. The molecule has 1 aliphatic heterocycles. The highest BCUT2D eigenvalue weighted by Crippen LogP contribution is 2.43. The van der Waals surface area contributed by atoms with Crippen molar-refractivity contribution in [2.75, 3.05) is 30.3 Å². The van der Waals surface area contributed by atoms with Gasteiger partial charge in [-0.1, -0.05) is 36.4 Å². The van der Waals surface area contributed by atoms with E-state index in [1.54, 1.807) is 11.1 Å². The van der Waals surface area contributed by atoms with Crippen LogP contribution in [0.4, 0.5) is 24.7 Å². The summed E-state index contributed by atoms with van der Waals surface area (Å²) >= 11 is 0.642. The van der Waals surface area contributed by atoms with Gasteiger partial charge in [0.2, 0.25) is 0 Å². The van der Waals surface area contributed by atoms with Gasteiger partial charge in [-0.05, 0) is 25.0 Å². The van der Waals surface area contributed by atoms with E-state index < -0.39 is 29.5 Å².